The minimum atomic E-state index is -0.594. The first-order valence-electron chi connectivity index (χ1n) is 7.40. The van der Waals surface area contributed by atoms with Crippen LogP contribution >= 0.6 is 0 Å². The predicted octanol–water partition coefficient (Wildman–Crippen LogP) is 0.931. The molecule has 0 aliphatic carbocycles. The number of pyridine rings is 1. The van der Waals surface area contributed by atoms with E-state index >= 15 is 0 Å². The van der Waals surface area contributed by atoms with Crippen LogP contribution in [0.4, 0.5) is 10.1 Å². The fourth-order valence-corrected chi connectivity index (χ4v) is 2.76. The maximum atomic E-state index is 14.4. The molecule has 1 aliphatic rings. The Labute approximate surface area is 132 Å². The fourth-order valence-electron chi connectivity index (χ4n) is 2.76. The van der Waals surface area contributed by atoms with Crippen molar-refractivity contribution in [2.75, 3.05) is 38.3 Å². The van der Waals surface area contributed by atoms with E-state index in [1.165, 1.54) is 19.2 Å². The van der Waals surface area contributed by atoms with Gasteiger partial charge in [-0.25, -0.2) is 14.2 Å². The van der Waals surface area contributed by atoms with E-state index in [2.05, 4.69) is 15.0 Å². The van der Waals surface area contributed by atoms with Crippen molar-refractivity contribution in [3.8, 4) is 0 Å². The summed E-state index contributed by atoms with van der Waals surface area (Å²) in [5.41, 5.74) is 0.960. The first-order valence-corrected chi connectivity index (χ1v) is 7.40. The zero-order chi connectivity index (χ0) is 16.4. The van der Waals surface area contributed by atoms with Gasteiger partial charge in [0.1, 0.15) is 11.2 Å². The van der Waals surface area contributed by atoms with Crippen LogP contribution in [0.15, 0.2) is 24.3 Å². The van der Waals surface area contributed by atoms with Crippen LogP contribution in [0.3, 0.4) is 0 Å². The van der Waals surface area contributed by atoms with Gasteiger partial charge in [-0.15, -0.1) is 0 Å². The van der Waals surface area contributed by atoms with E-state index in [1.807, 2.05) is 11.0 Å². The van der Waals surface area contributed by atoms with Crippen LogP contribution in [-0.4, -0.2) is 55.5 Å². The van der Waals surface area contributed by atoms with Crippen LogP contribution in [0.1, 0.15) is 10.5 Å². The van der Waals surface area contributed by atoms with Gasteiger partial charge >= 0.3 is 5.97 Å². The predicted molar refractivity (Wildman–Crippen MR) is 84.1 cm³/mol. The number of ether oxygens (including phenoxy) is 1. The van der Waals surface area contributed by atoms with Gasteiger partial charge in [-0.05, 0) is 18.2 Å². The highest BCUT2D eigenvalue weighted by atomic mass is 19.1. The number of rotatable bonds is 3. The molecule has 0 saturated carbocycles. The zero-order valence-electron chi connectivity index (χ0n) is 12.8. The lowest BCUT2D eigenvalue weighted by Gasteiger charge is -2.34. The first-order chi connectivity index (χ1) is 11.1. The summed E-state index contributed by atoms with van der Waals surface area (Å²) in [5, 5.41) is 13.1. The number of hydrogen-bond acceptors (Lipinski definition) is 6. The Morgan fingerprint density at radius 2 is 2.35 bits per heavy atom. The van der Waals surface area contributed by atoms with Gasteiger partial charge < -0.3 is 20.1 Å². The van der Waals surface area contributed by atoms with Crippen molar-refractivity contribution in [2.45, 2.75) is 6.04 Å². The highest BCUT2D eigenvalue weighted by Crippen LogP contribution is 2.25. The Balaban J connectivity index is 1.96. The van der Waals surface area contributed by atoms with Gasteiger partial charge in [0.2, 0.25) is 0 Å². The van der Waals surface area contributed by atoms with Crippen LogP contribution in [0.25, 0.3) is 10.9 Å². The minimum absolute atomic E-state index is 0.0256. The number of anilines is 1. The second-order valence-corrected chi connectivity index (χ2v) is 5.47. The van der Waals surface area contributed by atoms with Crippen LogP contribution in [0.2, 0.25) is 0 Å². The van der Waals surface area contributed by atoms with E-state index in [9.17, 15) is 14.3 Å². The molecule has 6 nitrogen and oxygen atoms in total. The number of hydrogen-bond donors (Lipinski definition) is 2. The number of nitrogens with one attached hydrogen (secondary N) is 1. The summed E-state index contributed by atoms with van der Waals surface area (Å²) in [7, 11) is 1.26. The Morgan fingerprint density at radius 3 is 3.09 bits per heavy atom. The number of methoxy groups -OCH3 is 1. The van der Waals surface area contributed by atoms with Gasteiger partial charge in [0.25, 0.3) is 0 Å². The van der Waals surface area contributed by atoms with Crippen LogP contribution in [-0.2, 0) is 4.74 Å². The third-order valence-electron chi connectivity index (χ3n) is 3.97. The molecule has 1 fully saturated rings. The summed E-state index contributed by atoms with van der Waals surface area (Å²) in [6.45, 7) is 2.10. The summed E-state index contributed by atoms with van der Waals surface area (Å²) >= 11 is 0. The molecule has 7 heteroatoms. The number of piperazine rings is 1. The number of aliphatic hydroxyl groups is 1. The summed E-state index contributed by atoms with van der Waals surface area (Å²) in [5.74, 6) is -1.08. The van der Waals surface area contributed by atoms with Crippen molar-refractivity contribution in [1.29, 1.82) is 0 Å². The summed E-state index contributed by atoms with van der Waals surface area (Å²) in [6.07, 6.45) is 0. The highest BCUT2D eigenvalue weighted by Gasteiger charge is 2.20. The van der Waals surface area contributed by atoms with E-state index in [0.717, 1.165) is 18.8 Å². The number of aliphatic hydroxyl groups excluding tert-OH is 1. The number of aromatic nitrogens is 1. The number of benzene rings is 1. The molecule has 2 N–H and O–H groups in total. The van der Waals surface area contributed by atoms with Crippen molar-refractivity contribution in [1.82, 2.24) is 10.3 Å². The second kappa shape index (κ2) is 6.47. The lowest BCUT2D eigenvalue weighted by molar-refractivity contribution is 0.0594. The average Bonchev–Trinajstić information content (AvgIpc) is 2.60. The van der Waals surface area contributed by atoms with Gasteiger partial charge in [-0.2, -0.15) is 0 Å². The van der Waals surface area contributed by atoms with Crippen molar-refractivity contribution >= 4 is 22.6 Å². The maximum Gasteiger partial charge on any atom is 0.356 e. The van der Waals surface area contributed by atoms with Gasteiger partial charge in [-0.3, -0.25) is 0 Å². The molecule has 1 saturated heterocycles. The van der Waals surface area contributed by atoms with Crippen molar-refractivity contribution in [3.05, 3.63) is 35.8 Å². The van der Waals surface area contributed by atoms with E-state index < -0.39 is 11.8 Å². The van der Waals surface area contributed by atoms with Crippen LogP contribution in [0.5, 0.6) is 0 Å². The maximum absolute atomic E-state index is 14.4. The molecule has 23 heavy (non-hydrogen) atoms. The molecule has 0 radical (unpaired) electrons. The molecule has 0 bridgehead atoms. The molecule has 1 aromatic heterocycles. The Hall–Kier alpha value is -2.25. The quantitative estimate of drug-likeness (QED) is 0.820. The van der Waals surface area contributed by atoms with Crippen LogP contribution in [0, 0.1) is 5.82 Å². The Bertz CT molecular complexity index is 738. The van der Waals surface area contributed by atoms with Gasteiger partial charge in [0.15, 0.2) is 5.82 Å². The molecule has 1 aromatic carbocycles. The number of carbonyl (C=O) groups excluding carboxylic acids is 1. The van der Waals surface area contributed by atoms with E-state index in [-0.39, 0.29) is 23.9 Å². The number of esters is 1. The molecule has 2 heterocycles. The Kier molecular flexibility index (Phi) is 4.40. The molecule has 1 atom stereocenters. The lowest BCUT2D eigenvalue weighted by Crippen LogP contribution is -2.52. The topological polar surface area (TPSA) is 74.7 Å². The van der Waals surface area contributed by atoms with Crippen molar-refractivity contribution in [2.24, 2.45) is 0 Å². The lowest BCUT2D eigenvalue weighted by atomic mass is 10.1. The Morgan fingerprint density at radius 1 is 1.52 bits per heavy atom. The third kappa shape index (κ3) is 3.11. The fraction of sp³-hybridized carbons (Fsp3) is 0.375. The molecule has 0 amide bonds. The standard InChI is InChI=1S/C16H18FN3O3/c1-23-16(22)14-3-2-10-6-12(7-13(17)15(10)19-14)20-5-4-18-11(8-20)9-21/h2-3,6-7,11,18,21H,4-5,8-9H2,1H3. The largest absolute Gasteiger partial charge is 0.464 e. The number of fused-ring (bicyclic) bond motifs is 1. The van der Waals surface area contributed by atoms with E-state index in [0.29, 0.717) is 11.9 Å². The molecule has 1 aliphatic heterocycles. The monoisotopic (exact) mass is 319 g/mol. The van der Waals surface area contributed by atoms with Gasteiger partial charge in [0.05, 0.1) is 13.7 Å². The van der Waals surface area contributed by atoms with Crippen molar-refractivity contribution in [3.63, 3.8) is 0 Å². The first kappa shape index (κ1) is 15.6. The number of carbonyl (C=O) groups is 1. The molecule has 0 spiro atoms. The smallest absolute Gasteiger partial charge is 0.356 e. The van der Waals surface area contributed by atoms with Gasteiger partial charge in [-0.1, -0.05) is 6.07 Å². The van der Waals surface area contributed by atoms with Crippen LogP contribution < -0.4 is 10.2 Å². The average molecular weight is 319 g/mol. The third-order valence-corrected chi connectivity index (χ3v) is 3.97. The molecule has 3 rings (SSSR count). The summed E-state index contributed by atoms with van der Waals surface area (Å²) in [6, 6.07) is 6.41. The molecule has 2 aromatic rings. The van der Waals surface area contributed by atoms with E-state index in [1.54, 1.807) is 6.07 Å². The molecular weight excluding hydrogens is 301 g/mol. The summed E-state index contributed by atoms with van der Waals surface area (Å²) in [4.78, 5) is 17.6. The molecular formula is C16H18FN3O3. The number of nitrogens with zero attached hydrogens (tertiary/aromatic N) is 2. The molecule has 1 unspecified atom stereocenters. The second-order valence-electron chi connectivity index (χ2n) is 5.47. The molecule has 122 valence electrons. The van der Waals surface area contributed by atoms with Gasteiger partial charge in [0, 0.05) is 36.7 Å². The summed E-state index contributed by atoms with van der Waals surface area (Å²) < 4.78 is 19.0. The highest BCUT2D eigenvalue weighted by molar-refractivity contribution is 5.92. The van der Waals surface area contributed by atoms with Crippen molar-refractivity contribution < 1.29 is 19.0 Å². The van der Waals surface area contributed by atoms with E-state index in [4.69, 9.17) is 0 Å². The zero-order valence-corrected chi connectivity index (χ0v) is 12.8. The minimum Gasteiger partial charge on any atom is -0.464 e. The SMILES string of the molecule is COC(=O)c1ccc2cc(N3CCNC(CO)C3)cc(F)c2n1. The normalized spacial score (nSPS) is 18.2. The number of halogens is 1.